The number of nitrogens with one attached hydrogen (secondary N) is 1. The van der Waals surface area contributed by atoms with Gasteiger partial charge in [-0.05, 0) is 140 Å². The van der Waals surface area contributed by atoms with Gasteiger partial charge in [-0.15, -0.1) is 0 Å². The largest absolute Gasteiger partial charge is 0.330 e. The third kappa shape index (κ3) is 9.16. The third-order valence-electron chi connectivity index (χ3n) is 11.1. The summed E-state index contributed by atoms with van der Waals surface area (Å²) in [4.78, 5) is 0. The summed E-state index contributed by atoms with van der Waals surface area (Å²) in [6.45, 7) is 24.5. The molecule has 0 saturated heterocycles. The van der Waals surface area contributed by atoms with E-state index in [9.17, 15) is 0 Å². The minimum Gasteiger partial charge on any atom is -0.330 e. The predicted molar refractivity (Wildman–Crippen MR) is 198 cm³/mol. The van der Waals surface area contributed by atoms with Crippen molar-refractivity contribution >= 4 is 17.6 Å². The van der Waals surface area contributed by atoms with Gasteiger partial charge in [0.2, 0.25) is 0 Å². The van der Waals surface area contributed by atoms with Crippen molar-refractivity contribution in [2.45, 2.75) is 118 Å². The van der Waals surface area contributed by atoms with Crippen molar-refractivity contribution in [3.8, 4) is 0 Å². The lowest BCUT2D eigenvalue weighted by atomic mass is 9.65. The number of benzene rings is 1. The highest BCUT2D eigenvalue weighted by molar-refractivity contribution is 7.98. The van der Waals surface area contributed by atoms with E-state index >= 15 is 0 Å². The minimum atomic E-state index is 0.0591. The maximum absolute atomic E-state index is 6.64. The van der Waals surface area contributed by atoms with Crippen LogP contribution >= 0.6 is 11.9 Å². The monoisotopic (exact) mass is 614 g/mol. The lowest BCUT2D eigenvalue weighted by Crippen LogP contribution is -2.34. The summed E-state index contributed by atoms with van der Waals surface area (Å²) in [5.74, 6) is 2.73. The van der Waals surface area contributed by atoms with Gasteiger partial charge in [0.05, 0.1) is 0 Å². The molecule has 0 radical (unpaired) electrons. The van der Waals surface area contributed by atoms with Crippen LogP contribution in [0.5, 0.6) is 0 Å². The molecule has 3 rings (SSSR count). The van der Waals surface area contributed by atoms with Gasteiger partial charge in [-0.2, -0.15) is 0 Å². The molecule has 0 aliphatic heterocycles. The van der Waals surface area contributed by atoms with Crippen molar-refractivity contribution < 1.29 is 0 Å². The Balaban J connectivity index is 1.57. The molecule has 2 aliphatic rings. The van der Waals surface area contributed by atoms with E-state index in [0.717, 1.165) is 48.8 Å². The maximum Gasteiger partial charge on any atom is 0.0440 e. The van der Waals surface area contributed by atoms with Gasteiger partial charge in [0.15, 0.2) is 0 Å². The lowest BCUT2D eigenvalue weighted by molar-refractivity contribution is 0.130. The molecule has 6 unspecified atom stereocenters. The number of hydrogen-bond acceptors (Lipinski definition) is 3. The SMILES string of the molecule is C=CC1=C(/C=C\C=C/C)[C@@](CC)(CCc2ccc(C(=C)NSC(C)C(C)C(N)/C=C/C(C)C3CCC3CC)cc2C)CCC1. The number of rotatable bonds is 17. The second-order valence-corrected chi connectivity index (χ2v) is 14.8. The van der Waals surface area contributed by atoms with Gasteiger partial charge in [0, 0.05) is 17.0 Å². The highest BCUT2D eigenvalue weighted by Crippen LogP contribution is 2.48. The van der Waals surface area contributed by atoms with Crippen molar-refractivity contribution in [2.24, 2.45) is 34.8 Å². The fraction of sp³-hybridized carbons (Fsp3) is 0.561. The van der Waals surface area contributed by atoms with Gasteiger partial charge in [-0.25, -0.2) is 0 Å². The zero-order valence-corrected chi connectivity index (χ0v) is 29.8. The van der Waals surface area contributed by atoms with Crippen LogP contribution in [-0.2, 0) is 6.42 Å². The molecular weight excluding hydrogens is 553 g/mol. The standard InChI is InChI=1S/C41H62N2S/c1-10-14-15-18-39-35(12-3)17-16-26-41(39,13-4)27-25-36-20-21-37(28-30(36)6)32(8)43-44-33(9)31(7)40(42)24-19-29(5)38-23-22-34(38)11-2/h10,12,14-15,18-21,24,28-29,31,33-34,38,40,43H,3,8,11,13,16-17,22-23,25-27,42H2,1-2,4-7,9H3/b14-10-,18-15-,24-19+/t29?,31?,33?,34?,38?,40?,41-/m1/s1. The molecule has 0 spiro atoms. The number of aryl methyl sites for hydroxylation is 2. The summed E-state index contributed by atoms with van der Waals surface area (Å²) in [5.41, 5.74) is 14.7. The summed E-state index contributed by atoms with van der Waals surface area (Å²) in [6, 6.07) is 6.92. The lowest BCUT2D eigenvalue weighted by Gasteiger charge is -2.39. The molecule has 1 aromatic rings. The quantitative estimate of drug-likeness (QED) is 0.104. The maximum atomic E-state index is 6.64. The summed E-state index contributed by atoms with van der Waals surface area (Å²) >= 11 is 1.74. The fourth-order valence-electron chi connectivity index (χ4n) is 7.39. The van der Waals surface area contributed by atoms with E-state index in [1.807, 2.05) is 0 Å². The van der Waals surface area contributed by atoms with Crippen LogP contribution in [0.15, 0.2) is 85.0 Å². The molecule has 0 amide bonds. The zero-order valence-electron chi connectivity index (χ0n) is 29.0. The van der Waals surface area contributed by atoms with Crippen LogP contribution in [-0.4, -0.2) is 11.3 Å². The summed E-state index contributed by atoms with van der Waals surface area (Å²) in [7, 11) is 0. The zero-order chi connectivity index (χ0) is 32.3. The van der Waals surface area contributed by atoms with Crippen LogP contribution in [0.4, 0.5) is 0 Å². The fourth-order valence-corrected chi connectivity index (χ4v) is 8.23. The average molecular weight is 615 g/mol. The molecule has 44 heavy (non-hydrogen) atoms. The molecule has 0 heterocycles. The average Bonchev–Trinajstić information content (AvgIpc) is 3.01. The molecule has 1 fully saturated rings. The van der Waals surface area contributed by atoms with Crippen LogP contribution in [0.3, 0.4) is 0 Å². The third-order valence-corrected chi connectivity index (χ3v) is 12.3. The summed E-state index contributed by atoms with van der Waals surface area (Å²) < 4.78 is 3.55. The molecule has 0 aromatic heterocycles. The van der Waals surface area contributed by atoms with Crippen LogP contribution in [0.25, 0.3) is 5.70 Å². The summed E-state index contributed by atoms with van der Waals surface area (Å²) in [6.07, 6.45) is 26.6. The smallest absolute Gasteiger partial charge is 0.0440 e. The number of hydrogen-bond donors (Lipinski definition) is 2. The first-order chi connectivity index (χ1) is 21.1. The van der Waals surface area contributed by atoms with E-state index < -0.39 is 0 Å². The topological polar surface area (TPSA) is 38.0 Å². The Morgan fingerprint density at radius 3 is 2.55 bits per heavy atom. The van der Waals surface area contributed by atoms with Crippen LogP contribution in [0.1, 0.15) is 110 Å². The van der Waals surface area contributed by atoms with Crippen molar-refractivity contribution in [3.63, 3.8) is 0 Å². The minimum absolute atomic E-state index is 0.0591. The Morgan fingerprint density at radius 2 is 1.93 bits per heavy atom. The number of nitrogens with two attached hydrogens (primary N) is 1. The highest BCUT2D eigenvalue weighted by Gasteiger charge is 2.35. The molecule has 3 heteroatoms. The molecule has 242 valence electrons. The highest BCUT2D eigenvalue weighted by atomic mass is 32.2. The van der Waals surface area contributed by atoms with Crippen molar-refractivity contribution in [1.82, 2.24) is 4.72 Å². The normalized spacial score (nSPS) is 25.3. The van der Waals surface area contributed by atoms with E-state index in [1.54, 1.807) is 11.9 Å². The van der Waals surface area contributed by atoms with Crippen LogP contribution in [0.2, 0.25) is 0 Å². The first-order valence-electron chi connectivity index (χ1n) is 17.4. The Labute approximate surface area is 275 Å². The molecule has 0 bridgehead atoms. The van der Waals surface area contributed by atoms with Gasteiger partial charge in [-0.1, -0.05) is 109 Å². The molecule has 1 aromatic carbocycles. The van der Waals surface area contributed by atoms with Crippen molar-refractivity contribution in [3.05, 3.63) is 102 Å². The van der Waals surface area contributed by atoms with E-state index in [4.69, 9.17) is 5.73 Å². The first kappa shape index (κ1) is 36.2. The Morgan fingerprint density at radius 1 is 1.16 bits per heavy atom. The van der Waals surface area contributed by atoms with Crippen LogP contribution in [0, 0.1) is 36.0 Å². The second kappa shape index (κ2) is 17.5. The molecule has 2 aliphatic carbocycles. The van der Waals surface area contributed by atoms with E-state index in [0.29, 0.717) is 17.1 Å². The van der Waals surface area contributed by atoms with Gasteiger partial charge >= 0.3 is 0 Å². The molecule has 1 saturated carbocycles. The second-order valence-electron chi connectivity index (χ2n) is 13.7. The van der Waals surface area contributed by atoms with Gasteiger partial charge in [0.1, 0.15) is 0 Å². The summed E-state index contributed by atoms with van der Waals surface area (Å²) in [5, 5.41) is 0.361. The first-order valence-corrected chi connectivity index (χ1v) is 18.3. The Kier molecular flexibility index (Phi) is 14.4. The van der Waals surface area contributed by atoms with E-state index in [2.05, 4.69) is 127 Å². The van der Waals surface area contributed by atoms with Crippen molar-refractivity contribution in [2.75, 3.05) is 0 Å². The molecule has 2 nitrogen and oxygen atoms in total. The van der Waals surface area contributed by atoms with E-state index in [-0.39, 0.29) is 11.5 Å². The van der Waals surface area contributed by atoms with E-state index in [1.165, 1.54) is 54.4 Å². The van der Waals surface area contributed by atoms with Gasteiger partial charge in [0.25, 0.3) is 0 Å². The molecular formula is C41H62N2S. The molecule has 7 atom stereocenters. The van der Waals surface area contributed by atoms with Gasteiger partial charge < -0.3 is 10.5 Å². The predicted octanol–water partition coefficient (Wildman–Crippen LogP) is 11.3. The Hall–Kier alpha value is -2.23. The van der Waals surface area contributed by atoms with Crippen LogP contribution < -0.4 is 10.5 Å². The Bertz CT molecular complexity index is 1220. The van der Waals surface area contributed by atoms with Crippen molar-refractivity contribution in [1.29, 1.82) is 0 Å². The van der Waals surface area contributed by atoms with Gasteiger partial charge in [-0.3, -0.25) is 0 Å². The molecule has 3 N–H and O–H groups in total. The number of allylic oxidation sites excluding steroid dienone is 8.